The lowest BCUT2D eigenvalue weighted by Gasteiger charge is -2.25. The molecule has 0 aliphatic carbocycles. The smallest absolute Gasteiger partial charge is 0.152 e. The van der Waals surface area contributed by atoms with Crippen LogP contribution < -0.4 is 10.6 Å². The molecule has 7 heteroatoms. The van der Waals surface area contributed by atoms with Crippen molar-refractivity contribution in [3.8, 4) is 11.1 Å². The van der Waals surface area contributed by atoms with Crippen LogP contribution in [0, 0.1) is 5.82 Å². The predicted octanol–water partition coefficient (Wildman–Crippen LogP) is 4.01. The van der Waals surface area contributed by atoms with Crippen LogP contribution in [0.25, 0.3) is 27.5 Å². The molecule has 0 saturated heterocycles. The van der Waals surface area contributed by atoms with Crippen molar-refractivity contribution in [3.63, 3.8) is 0 Å². The topological polar surface area (TPSA) is 75.2 Å². The fraction of sp³-hybridized carbons (Fsp3) is 0.300. The highest BCUT2D eigenvalue weighted by atomic mass is 19.1. The van der Waals surface area contributed by atoms with Crippen molar-refractivity contribution in [2.24, 2.45) is 0 Å². The summed E-state index contributed by atoms with van der Waals surface area (Å²) in [5.41, 5.74) is 10.5. The van der Waals surface area contributed by atoms with Gasteiger partial charge in [-0.05, 0) is 49.1 Å². The second-order valence-electron chi connectivity index (χ2n) is 6.55. The summed E-state index contributed by atoms with van der Waals surface area (Å²) in [6.45, 7) is 7.50. The van der Waals surface area contributed by atoms with Gasteiger partial charge in [-0.3, -0.25) is 5.10 Å². The van der Waals surface area contributed by atoms with Gasteiger partial charge in [-0.15, -0.1) is 0 Å². The van der Waals surface area contributed by atoms with E-state index in [-0.39, 0.29) is 5.82 Å². The Bertz CT molecular complexity index is 1120. The Kier molecular flexibility index (Phi) is 4.22. The number of nitrogens with one attached hydrogen (secondary N) is 1. The third-order valence-electron chi connectivity index (χ3n) is 5.12. The van der Waals surface area contributed by atoms with Crippen molar-refractivity contribution in [2.75, 3.05) is 23.7 Å². The van der Waals surface area contributed by atoms with Crippen LogP contribution in [0.15, 0.2) is 30.6 Å². The Morgan fingerprint density at radius 3 is 2.70 bits per heavy atom. The number of hydrogen-bond donors (Lipinski definition) is 2. The van der Waals surface area contributed by atoms with Crippen molar-refractivity contribution < 1.29 is 4.39 Å². The van der Waals surface area contributed by atoms with Gasteiger partial charge < -0.3 is 10.6 Å². The summed E-state index contributed by atoms with van der Waals surface area (Å²) in [5.74, 6) is 0.278. The average molecular weight is 366 g/mol. The van der Waals surface area contributed by atoms with Gasteiger partial charge in [0.15, 0.2) is 5.82 Å². The number of rotatable bonds is 5. The van der Waals surface area contributed by atoms with Gasteiger partial charge in [0, 0.05) is 30.7 Å². The van der Waals surface area contributed by atoms with E-state index in [2.05, 4.69) is 15.3 Å². The lowest BCUT2D eigenvalue weighted by molar-refractivity contribution is 0.608. The van der Waals surface area contributed by atoms with Gasteiger partial charge in [0.1, 0.15) is 5.82 Å². The molecule has 3 heterocycles. The van der Waals surface area contributed by atoms with Crippen molar-refractivity contribution in [1.29, 1.82) is 0 Å². The van der Waals surface area contributed by atoms with Crippen LogP contribution in [0.1, 0.15) is 26.3 Å². The fourth-order valence-corrected chi connectivity index (χ4v) is 3.85. The molecular formula is C20H23FN6. The zero-order valence-electron chi connectivity index (χ0n) is 15.8. The molecule has 0 amide bonds. The van der Waals surface area contributed by atoms with Gasteiger partial charge in [0.05, 0.1) is 22.9 Å². The predicted molar refractivity (Wildman–Crippen MR) is 108 cm³/mol. The summed E-state index contributed by atoms with van der Waals surface area (Å²) in [7, 11) is 0. The van der Waals surface area contributed by atoms with E-state index in [0.717, 1.165) is 40.6 Å². The van der Waals surface area contributed by atoms with E-state index in [4.69, 9.17) is 5.73 Å². The Labute approximate surface area is 156 Å². The minimum atomic E-state index is -0.180. The Morgan fingerprint density at radius 1 is 1.22 bits per heavy atom. The third-order valence-corrected chi connectivity index (χ3v) is 5.12. The van der Waals surface area contributed by atoms with Crippen molar-refractivity contribution >= 4 is 27.9 Å². The molecule has 0 saturated carbocycles. The van der Waals surface area contributed by atoms with Crippen LogP contribution in [0.2, 0.25) is 0 Å². The van der Waals surface area contributed by atoms with Crippen LogP contribution in [0.5, 0.6) is 0 Å². The van der Waals surface area contributed by atoms with E-state index in [1.165, 1.54) is 0 Å². The van der Waals surface area contributed by atoms with Crippen LogP contribution in [-0.2, 0) is 6.42 Å². The monoisotopic (exact) mass is 366 g/mol. The minimum absolute atomic E-state index is 0.180. The molecule has 0 fully saturated rings. The number of hydrogen-bond acceptors (Lipinski definition) is 4. The van der Waals surface area contributed by atoms with Gasteiger partial charge in [0.2, 0.25) is 0 Å². The quantitative estimate of drug-likeness (QED) is 0.560. The number of halogens is 1. The molecule has 3 N–H and O–H groups in total. The molecule has 0 aliphatic rings. The zero-order valence-corrected chi connectivity index (χ0v) is 15.8. The molecule has 0 atom stereocenters. The number of aromatic nitrogens is 4. The number of nitrogens with zero attached hydrogens (tertiary/aromatic N) is 4. The van der Waals surface area contributed by atoms with Crippen LogP contribution in [0.3, 0.4) is 0 Å². The maximum Gasteiger partial charge on any atom is 0.152 e. The molecule has 0 radical (unpaired) electrons. The van der Waals surface area contributed by atoms with Crippen LogP contribution in [-0.4, -0.2) is 32.9 Å². The number of nitrogen functional groups attached to an aromatic ring is 1. The highest BCUT2D eigenvalue weighted by molar-refractivity contribution is 6.03. The zero-order chi connectivity index (χ0) is 19.1. The number of fused-ring (bicyclic) bond motifs is 2. The molecule has 0 bridgehead atoms. The van der Waals surface area contributed by atoms with E-state index in [0.29, 0.717) is 23.5 Å². The van der Waals surface area contributed by atoms with Gasteiger partial charge in [-0.2, -0.15) is 10.2 Å². The number of anilines is 2. The molecule has 1 aromatic carbocycles. The number of aromatic amines is 1. The Balaban J connectivity index is 2.05. The van der Waals surface area contributed by atoms with Crippen molar-refractivity contribution in [2.45, 2.75) is 27.2 Å². The average Bonchev–Trinajstić information content (AvgIpc) is 3.28. The molecule has 27 heavy (non-hydrogen) atoms. The summed E-state index contributed by atoms with van der Waals surface area (Å²) < 4.78 is 17.4. The van der Waals surface area contributed by atoms with Gasteiger partial charge in [0.25, 0.3) is 0 Å². The number of H-pyrrole nitrogens is 1. The first-order valence-corrected chi connectivity index (χ1v) is 9.26. The van der Waals surface area contributed by atoms with Gasteiger partial charge in [-0.25, -0.2) is 8.91 Å². The highest BCUT2D eigenvalue weighted by Gasteiger charge is 2.23. The fourth-order valence-electron chi connectivity index (χ4n) is 3.85. The van der Waals surface area contributed by atoms with Crippen molar-refractivity contribution in [3.05, 3.63) is 42.0 Å². The second-order valence-corrected chi connectivity index (χ2v) is 6.55. The van der Waals surface area contributed by atoms with E-state index in [1.54, 1.807) is 10.7 Å². The first-order chi connectivity index (χ1) is 13.1. The summed E-state index contributed by atoms with van der Waals surface area (Å²) in [6, 6.07) is 5.74. The van der Waals surface area contributed by atoms with E-state index >= 15 is 4.39 Å². The first-order valence-electron chi connectivity index (χ1n) is 9.26. The molecule has 6 nitrogen and oxygen atoms in total. The molecule has 4 aromatic rings. The standard InChI is InChI=1S/C20H23FN6/c1-4-14-17(12-7-8-27-13(9-12)10-16(22)25-27)15-11-23-24-19(15)20(18(14)21)26(5-2)6-3/h7-11H,4-6H2,1-3H3,(H2,22,25)(H,23,24). The number of benzene rings is 1. The van der Waals surface area contributed by atoms with Gasteiger partial charge >= 0.3 is 0 Å². The lowest BCUT2D eigenvalue weighted by atomic mass is 9.93. The number of pyridine rings is 1. The summed E-state index contributed by atoms with van der Waals surface area (Å²) in [6.07, 6.45) is 4.22. The van der Waals surface area contributed by atoms with Crippen LogP contribution in [0.4, 0.5) is 15.9 Å². The largest absolute Gasteiger partial charge is 0.382 e. The SMILES string of the molecule is CCc1c(F)c(N(CC)CC)c2[nH]ncc2c1-c1ccn2nc(N)cc2c1. The van der Waals surface area contributed by atoms with Crippen molar-refractivity contribution in [1.82, 2.24) is 19.8 Å². The van der Waals surface area contributed by atoms with Crippen LogP contribution >= 0.6 is 0 Å². The first kappa shape index (κ1) is 17.3. The molecule has 4 rings (SSSR count). The van der Waals surface area contributed by atoms with E-state index < -0.39 is 0 Å². The molecular weight excluding hydrogens is 343 g/mol. The van der Waals surface area contributed by atoms with E-state index in [9.17, 15) is 0 Å². The second kappa shape index (κ2) is 6.57. The molecule has 140 valence electrons. The Morgan fingerprint density at radius 2 is 2.00 bits per heavy atom. The summed E-state index contributed by atoms with van der Waals surface area (Å²) in [4.78, 5) is 2.03. The maximum absolute atomic E-state index is 15.6. The lowest BCUT2D eigenvalue weighted by Crippen LogP contribution is -2.24. The molecule has 0 spiro atoms. The van der Waals surface area contributed by atoms with E-state index in [1.807, 2.05) is 50.1 Å². The molecule has 3 aromatic heterocycles. The summed E-state index contributed by atoms with van der Waals surface area (Å²) in [5, 5.41) is 12.4. The maximum atomic E-state index is 15.6. The molecule has 0 unspecified atom stereocenters. The third kappa shape index (κ3) is 2.61. The number of nitrogens with two attached hydrogens (primary N) is 1. The van der Waals surface area contributed by atoms with Gasteiger partial charge in [-0.1, -0.05) is 6.92 Å². The minimum Gasteiger partial charge on any atom is -0.382 e. The normalized spacial score (nSPS) is 11.6. The summed E-state index contributed by atoms with van der Waals surface area (Å²) >= 11 is 0. The Hall–Kier alpha value is -3.09. The molecule has 0 aliphatic heterocycles. The highest BCUT2D eigenvalue weighted by Crippen LogP contribution is 2.40.